The van der Waals surface area contributed by atoms with Crippen molar-refractivity contribution in [2.45, 2.75) is 37.1 Å². The molecule has 0 fully saturated rings. The number of methoxy groups -OCH3 is 3. The van der Waals surface area contributed by atoms with Crippen LogP contribution in [0.5, 0.6) is 5.75 Å². The Hall–Kier alpha value is -4.28. The van der Waals surface area contributed by atoms with Gasteiger partial charge in [0.05, 0.1) is 44.8 Å². The first kappa shape index (κ1) is 31.7. The molecule has 4 rings (SSSR count). The Kier molecular flexibility index (Phi) is 10.2. The smallest absolute Gasteiger partial charge is 0.309 e. The van der Waals surface area contributed by atoms with Crippen LogP contribution in [0.3, 0.4) is 0 Å². The number of sulfonamides is 1. The first-order valence-electron chi connectivity index (χ1n) is 13.4. The molecule has 0 heterocycles. The quantitative estimate of drug-likeness (QED) is 0.185. The number of hydrogen-bond donors (Lipinski definition) is 2. The minimum atomic E-state index is -4.16. The molecule has 0 aliphatic rings. The van der Waals surface area contributed by atoms with Gasteiger partial charge in [-0.05, 0) is 47.9 Å². The Labute approximate surface area is 256 Å². The summed E-state index contributed by atoms with van der Waals surface area (Å²) in [4.78, 5) is 23.8. The van der Waals surface area contributed by atoms with E-state index in [-0.39, 0.29) is 41.2 Å². The van der Waals surface area contributed by atoms with Crippen LogP contribution in [0.15, 0.2) is 77.7 Å². The molecule has 43 heavy (non-hydrogen) atoms. The first-order valence-corrected chi connectivity index (χ1v) is 15.3. The van der Waals surface area contributed by atoms with Gasteiger partial charge in [0.25, 0.3) is 10.0 Å². The maximum Gasteiger partial charge on any atom is 0.309 e. The van der Waals surface area contributed by atoms with Crippen LogP contribution < -0.4 is 14.8 Å². The van der Waals surface area contributed by atoms with Crippen LogP contribution >= 0.6 is 11.6 Å². The molecule has 226 valence electrons. The van der Waals surface area contributed by atoms with Gasteiger partial charge >= 0.3 is 11.9 Å². The number of anilines is 2. The van der Waals surface area contributed by atoms with Gasteiger partial charge in [-0.3, -0.25) is 14.3 Å². The summed E-state index contributed by atoms with van der Waals surface area (Å²) in [6, 6.07) is 20.6. The summed E-state index contributed by atoms with van der Waals surface area (Å²) in [5, 5.41) is 5.10. The zero-order valence-corrected chi connectivity index (χ0v) is 25.8. The van der Waals surface area contributed by atoms with E-state index in [1.54, 1.807) is 42.5 Å². The van der Waals surface area contributed by atoms with Crippen molar-refractivity contribution < 1.29 is 32.2 Å². The van der Waals surface area contributed by atoms with Gasteiger partial charge in [-0.1, -0.05) is 60.1 Å². The number of nitrogens with one attached hydrogen (secondary N) is 2. The van der Waals surface area contributed by atoms with E-state index in [4.69, 9.17) is 25.8 Å². The monoisotopic (exact) mass is 624 g/mol. The van der Waals surface area contributed by atoms with E-state index in [1.165, 1.54) is 21.3 Å². The van der Waals surface area contributed by atoms with E-state index in [2.05, 4.69) is 10.0 Å². The molecule has 1 atom stereocenters. The van der Waals surface area contributed by atoms with Crippen LogP contribution in [0.2, 0.25) is 5.02 Å². The summed E-state index contributed by atoms with van der Waals surface area (Å²) in [6.45, 7) is 1.85. The molecule has 0 aliphatic heterocycles. The van der Waals surface area contributed by atoms with Crippen molar-refractivity contribution in [3.8, 4) is 5.75 Å². The predicted octanol–water partition coefficient (Wildman–Crippen LogP) is 5.97. The number of benzene rings is 4. The molecule has 0 amide bonds. The van der Waals surface area contributed by atoms with Crippen molar-refractivity contribution in [2.75, 3.05) is 31.4 Å². The summed E-state index contributed by atoms with van der Waals surface area (Å²) in [6.07, 6.45) is 0.453. The molecule has 0 bridgehead atoms. The van der Waals surface area contributed by atoms with Crippen LogP contribution in [0, 0.1) is 0 Å². The molecule has 0 unspecified atom stereocenters. The van der Waals surface area contributed by atoms with Gasteiger partial charge in [0, 0.05) is 33.9 Å². The summed E-state index contributed by atoms with van der Waals surface area (Å²) < 4.78 is 45.7. The fourth-order valence-corrected chi connectivity index (χ4v) is 6.31. The maximum absolute atomic E-state index is 14.0. The standard InChI is InChI=1S/C32H33ClN2O7S/c1-20(15-30(36)41-3)34-32-23(18-22-9-5-8-12-26(22)33)19-29(24-10-6-7-11-25(24)32)43(38,39)35-27-14-13-21(16-28(27)40-2)17-31(37)42-4/h5-14,16,19-20,34-35H,15,17-18H2,1-4H3/t20-/m0/s1. The van der Waals surface area contributed by atoms with Crippen LogP contribution in [0.4, 0.5) is 11.4 Å². The molecule has 0 aromatic heterocycles. The number of halogens is 1. The molecule has 0 radical (unpaired) electrons. The summed E-state index contributed by atoms with van der Waals surface area (Å²) in [5.41, 5.74) is 2.99. The lowest BCUT2D eigenvalue weighted by atomic mass is 9.97. The average molecular weight is 625 g/mol. The number of ether oxygens (including phenoxy) is 3. The second-order valence-corrected chi connectivity index (χ2v) is 12.0. The SMILES string of the molecule is COC(=O)Cc1ccc(NS(=O)(=O)c2cc(Cc3ccccc3Cl)c(N[C@@H](C)CC(=O)OC)c3ccccc23)c(OC)c1. The second-order valence-electron chi connectivity index (χ2n) is 9.94. The Bertz CT molecular complexity index is 1760. The predicted molar refractivity (Wildman–Crippen MR) is 167 cm³/mol. The van der Waals surface area contributed by atoms with Gasteiger partial charge < -0.3 is 19.5 Å². The fourth-order valence-electron chi connectivity index (χ4n) is 4.78. The molecule has 0 saturated carbocycles. The van der Waals surface area contributed by atoms with Crippen LogP contribution in [0.25, 0.3) is 10.8 Å². The van der Waals surface area contributed by atoms with E-state index in [9.17, 15) is 18.0 Å². The third-order valence-corrected chi connectivity index (χ3v) is 8.67. The Balaban J connectivity index is 1.83. The van der Waals surface area contributed by atoms with Gasteiger partial charge in [-0.25, -0.2) is 8.42 Å². The molecule has 11 heteroatoms. The molecule has 4 aromatic carbocycles. The molecule has 0 aliphatic carbocycles. The summed E-state index contributed by atoms with van der Waals surface area (Å²) in [5.74, 6) is -0.546. The molecular weight excluding hydrogens is 592 g/mol. The number of carbonyl (C=O) groups is 2. The lowest BCUT2D eigenvalue weighted by Gasteiger charge is -2.22. The number of fused-ring (bicyclic) bond motifs is 1. The lowest BCUT2D eigenvalue weighted by Crippen LogP contribution is -2.22. The van der Waals surface area contributed by atoms with Gasteiger partial charge in [-0.2, -0.15) is 0 Å². The highest BCUT2D eigenvalue weighted by Crippen LogP contribution is 2.37. The molecule has 4 aromatic rings. The minimum Gasteiger partial charge on any atom is -0.495 e. The van der Waals surface area contributed by atoms with Crippen LogP contribution in [-0.2, 0) is 41.9 Å². The van der Waals surface area contributed by atoms with E-state index >= 15 is 0 Å². The van der Waals surface area contributed by atoms with Crippen molar-refractivity contribution in [1.82, 2.24) is 0 Å². The van der Waals surface area contributed by atoms with Gasteiger partial charge in [-0.15, -0.1) is 0 Å². The highest BCUT2D eigenvalue weighted by Gasteiger charge is 2.24. The number of hydrogen-bond acceptors (Lipinski definition) is 8. The number of rotatable bonds is 12. The number of carbonyl (C=O) groups excluding carboxylic acids is 2. The minimum absolute atomic E-state index is 0.0127. The lowest BCUT2D eigenvalue weighted by molar-refractivity contribution is -0.141. The Morgan fingerprint density at radius 1 is 0.860 bits per heavy atom. The van der Waals surface area contributed by atoms with E-state index in [0.717, 1.165) is 5.56 Å². The normalized spacial score (nSPS) is 11.9. The molecule has 0 saturated heterocycles. The van der Waals surface area contributed by atoms with Gasteiger partial charge in [0.2, 0.25) is 0 Å². The summed E-state index contributed by atoms with van der Waals surface area (Å²) in [7, 11) is -0.110. The van der Waals surface area contributed by atoms with Crippen molar-refractivity contribution in [2.24, 2.45) is 0 Å². The van der Waals surface area contributed by atoms with Crippen molar-refractivity contribution in [3.63, 3.8) is 0 Å². The topological polar surface area (TPSA) is 120 Å². The Morgan fingerprint density at radius 3 is 2.21 bits per heavy atom. The van der Waals surface area contributed by atoms with Crippen LogP contribution in [-0.4, -0.2) is 47.7 Å². The zero-order valence-electron chi connectivity index (χ0n) is 24.3. The average Bonchev–Trinajstić information content (AvgIpc) is 2.99. The molecule has 0 spiro atoms. The fraction of sp³-hybridized carbons (Fsp3) is 0.250. The van der Waals surface area contributed by atoms with Crippen LogP contribution in [0.1, 0.15) is 30.0 Å². The summed E-state index contributed by atoms with van der Waals surface area (Å²) >= 11 is 6.51. The second kappa shape index (κ2) is 13.8. The Morgan fingerprint density at radius 2 is 1.53 bits per heavy atom. The number of esters is 2. The maximum atomic E-state index is 14.0. The highest BCUT2D eigenvalue weighted by atomic mass is 35.5. The third kappa shape index (κ3) is 7.57. The molecule has 9 nitrogen and oxygen atoms in total. The molecule has 2 N–H and O–H groups in total. The van der Waals surface area contributed by atoms with E-state index < -0.39 is 16.0 Å². The van der Waals surface area contributed by atoms with E-state index in [0.29, 0.717) is 39.0 Å². The van der Waals surface area contributed by atoms with Crippen molar-refractivity contribution in [3.05, 3.63) is 94.5 Å². The highest BCUT2D eigenvalue weighted by molar-refractivity contribution is 7.93. The zero-order chi connectivity index (χ0) is 31.1. The third-order valence-electron chi connectivity index (χ3n) is 6.89. The van der Waals surface area contributed by atoms with Crippen molar-refractivity contribution in [1.29, 1.82) is 0 Å². The van der Waals surface area contributed by atoms with Gasteiger partial charge in [0.1, 0.15) is 5.75 Å². The first-order chi connectivity index (χ1) is 20.6. The van der Waals surface area contributed by atoms with Crippen molar-refractivity contribution >= 4 is 55.7 Å². The van der Waals surface area contributed by atoms with E-state index in [1.807, 2.05) is 37.3 Å². The largest absolute Gasteiger partial charge is 0.495 e. The van der Waals surface area contributed by atoms with Gasteiger partial charge in [0.15, 0.2) is 0 Å². The molecular formula is C32H33ClN2O7S.